The molecule has 2 aromatic heterocycles. The molecule has 0 unspecified atom stereocenters. The summed E-state index contributed by atoms with van der Waals surface area (Å²) >= 11 is 0. The summed E-state index contributed by atoms with van der Waals surface area (Å²) in [5.74, 6) is 2.08. The number of nitrogens with zero attached hydrogens (tertiary/aromatic N) is 2. The van der Waals surface area contributed by atoms with E-state index < -0.39 is 0 Å². The summed E-state index contributed by atoms with van der Waals surface area (Å²) < 4.78 is 5.76. The lowest BCUT2D eigenvalue weighted by Gasteiger charge is -2.32. The number of aromatic amines is 1. The van der Waals surface area contributed by atoms with E-state index in [1.54, 1.807) is 0 Å². The lowest BCUT2D eigenvalue weighted by molar-refractivity contribution is 0.192. The molecule has 1 saturated heterocycles. The van der Waals surface area contributed by atoms with Gasteiger partial charge in [0, 0.05) is 18.8 Å². The number of fused-ring (bicyclic) bond motifs is 1. The summed E-state index contributed by atoms with van der Waals surface area (Å²) in [4.78, 5) is 10.7. The molecule has 0 bridgehead atoms. The van der Waals surface area contributed by atoms with Crippen LogP contribution in [0.15, 0.2) is 18.3 Å². The molecule has 3 heterocycles. The van der Waals surface area contributed by atoms with E-state index in [0.717, 1.165) is 22.8 Å². The van der Waals surface area contributed by atoms with Crippen LogP contribution in [0.4, 0.5) is 0 Å². The van der Waals surface area contributed by atoms with Gasteiger partial charge in [-0.25, -0.2) is 4.98 Å². The number of hydrogen-bond acceptors (Lipinski definition) is 3. The second-order valence-corrected chi connectivity index (χ2v) is 7.43. The Balaban J connectivity index is 1.75. The fraction of sp³-hybridized carbons (Fsp3) is 0.632. The maximum absolute atomic E-state index is 5.76. The lowest BCUT2D eigenvalue weighted by Crippen LogP contribution is -2.35. The zero-order valence-corrected chi connectivity index (χ0v) is 14.8. The minimum absolute atomic E-state index is 0.154. The zero-order valence-electron chi connectivity index (χ0n) is 14.8. The van der Waals surface area contributed by atoms with Gasteiger partial charge in [0.1, 0.15) is 0 Å². The summed E-state index contributed by atoms with van der Waals surface area (Å²) in [5, 5.41) is 0. The molecule has 1 fully saturated rings. The van der Waals surface area contributed by atoms with Crippen LogP contribution in [-0.2, 0) is 0 Å². The predicted octanol–water partition coefficient (Wildman–Crippen LogP) is 4.19. The second-order valence-electron chi connectivity index (χ2n) is 7.43. The first kappa shape index (κ1) is 16.3. The monoisotopic (exact) mass is 315 g/mol. The molecule has 1 N–H and O–H groups in total. The minimum atomic E-state index is 0.154. The number of H-pyrrole nitrogens is 1. The molecule has 23 heavy (non-hydrogen) atoms. The molecule has 2 aromatic rings. The van der Waals surface area contributed by atoms with Gasteiger partial charge < -0.3 is 14.6 Å². The van der Waals surface area contributed by atoms with Crippen LogP contribution < -0.4 is 4.74 Å². The maximum atomic E-state index is 5.76. The normalized spacial score (nSPS) is 17.5. The molecule has 1 aliphatic rings. The van der Waals surface area contributed by atoms with E-state index in [2.05, 4.69) is 36.0 Å². The summed E-state index contributed by atoms with van der Waals surface area (Å²) in [7, 11) is 0. The van der Waals surface area contributed by atoms with E-state index in [-0.39, 0.29) is 6.10 Å². The first-order valence-corrected chi connectivity index (χ1v) is 8.90. The Kier molecular flexibility index (Phi) is 4.90. The number of hydrogen-bond donors (Lipinski definition) is 1. The number of aromatic nitrogens is 2. The van der Waals surface area contributed by atoms with Gasteiger partial charge in [0.2, 0.25) is 5.88 Å². The van der Waals surface area contributed by atoms with Gasteiger partial charge in [-0.1, -0.05) is 13.8 Å². The molecule has 4 heteroatoms. The standard InChI is InChI=1S/C19H29N3O/c1-13(2)12-22-9-7-15(8-10-22)16-11-20-17-5-6-18(21-19(16)17)23-14(3)4/h5-6,11,13-15,20H,7-10,12H2,1-4H3. The smallest absolute Gasteiger partial charge is 0.214 e. The van der Waals surface area contributed by atoms with Crippen molar-refractivity contribution in [3.8, 4) is 5.88 Å². The highest BCUT2D eigenvalue weighted by Gasteiger charge is 2.23. The first-order chi connectivity index (χ1) is 11.0. The highest BCUT2D eigenvalue weighted by Crippen LogP contribution is 2.33. The van der Waals surface area contributed by atoms with Crippen LogP contribution in [-0.4, -0.2) is 40.6 Å². The summed E-state index contributed by atoms with van der Waals surface area (Å²) in [6, 6.07) is 4.03. The molecule has 4 nitrogen and oxygen atoms in total. The van der Waals surface area contributed by atoms with Crippen LogP contribution >= 0.6 is 0 Å². The molecule has 126 valence electrons. The van der Waals surface area contributed by atoms with E-state index >= 15 is 0 Å². The predicted molar refractivity (Wildman–Crippen MR) is 95.1 cm³/mol. The van der Waals surface area contributed by atoms with Gasteiger partial charge in [0.15, 0.2) is 0 Å². The molecular formula is C19H29N3O. The van der Waals surface area contributed by atoms with Gasteiger partial charge in [0.25, 0.3) is 0 Å². The van der Waals surface area contributed by atoms with E-state index in [9.17, 15) is 0 Å². The van der Waals surface area contributed by atoms with Crippen molar-refractivity contribution < 1.29 is 4.74 Å². The molecule has 0 spiro atoms. The zero-order chi connectivity index (χ0) is 16.4. The number of ether oxygens (including phenoxy) is 1. The summed E-state index contributed by atoms with van der Waals surface area (Å²) in [6.45, 7) is 12.3. The second kappa shape index (κ2) is 6.91. The fourth-order valence-corrected chi connectivity index (χ4v) is 3.56. The largest absolute Gasteiger partial charge is 0.475 e. The third kappa shape index (κ3) is 3.86. The Morgan fingerprint density at radius 3 is 2.61 bits per heavy atom. The topological polar surface area (TPSA) is 41.2 Å². The van der Waals surface area contributed by atoms with Crippen molar-refractivity contribution in [3.63, 3.8) is 0 Å². The molecule has 3 rings (SSSR count). The molecular weight excluding hydrogens is 286 g/mol. The number of pyridine rings is 1. The van der Waals surface area contributed by atoms with Crippen molar-refractivity contribution in [2.45, 2.75) is 52.6 Å². The summed E-state index contributed by atoms with van der Waals surface area (Å²) in [5.41, 5.74) is 3.56. The molecule has 0 aliphatic carbocycles. The molecule has 0 amide bonds. The average Bonchev–Trinajstić information content (AvgIpc) is 2.90. The Morgan fingerprint density at radius 2 is 1.96 bits per heavy atom. The first-order valence-electron chi connectivity index (χ1n) is 8.90. The number of likely N-dealkylation sites (tertiary alicyclic amines) is 1. The number of piperidine rings is 1. The van der Waals surface area contributed by atoms with E-state index in [1.165, 1.54) is 38.0 Å². The van der Waals surface area contributed by atoms with Crippen molar-refractivity contribution in [2.24, 2.45) is 5.92 Å². The van der Waals surface area contributed by atoms with Gasteiger partial charge in [-0.2, -0.15) is 0 Å². The van der Waals surface area contributed by atoms with Crippen molar-refractivity contribution in [3.05, 3.63) is 23.9 Å². The highest BCUT2D eigenvalue weighted by molar-refractivity contribution is 5.80. The van der Waals surface area contributed by atoms with E-state index in [1.807, 2.05) is 19.9 Å². The van der Waals surface area contributed by atoms with Crippen LogP contribution in [0.5, 0.6) is 5.88 Å². The van der Waals surface area contributed by atoms with Crippen LogP contribution in [0, 0.1) is 5.92 Å². The Morgan fingerprint density at radius 1 is 1.22 bits per heavy atom. The minimum Gasteiger partial charge on any atom is -0.475 e. The van der Waals surface area contributed by atoms with Gasteiger partial charge in [-0.05, 0) is 63.2 Å². The molecule has 0 aromatic carbocycles. The molecule has 1 aliphatic heterocycles. The third-order valence-electron chi connectivity index (χ3n) is 4.53. The number of nitrogens with one attached hydrogen (secondary N) is 1. The van der Waals surface area contributed by atoms with Gasteiger partial charge in [0.05, 0.1) is 17.1 Å². The Labute approximate surface area is 139 Å². The summed E-state index contributed by atoms with van der Waals surface area (Å²) in [6.07, 6.45) is 4.74. The Bertz CT molecular complexity index is 639. The van der Waals surface area contributed by atoms with Crippen molar-refractivity contribution >= 4 is 11.0 Å². The van der Waals surface area contributed by atoms with Crippen molar-refractivity contribution in [1.29, 1.82) is 0 Å². The Hall–Kier alpha value is -1.55. The van der Waals surface area contributed by atoms with Crippen molar-refractivity contribution in [1.82, 2.24) is 14.9 Å². The van der Waals surface area contributed by atoms with E-state index in [0.29, 0.717) is 5.92 Å². The van der Waals surface area contributed by atoms with Crippen molar-refractivity contribution in [2.75, 3.05) is 19.6 Å². The lowest BCUT2D eigenvalue weighted by atomic mass is 9.90. The molecule has 0 saturated carbocycles. The SMILES string of the molecule is CC(C)CN1CCC(c2c[nH]c3ccc(OC(C)C)nc23)CC1. The average molecular weight is 315 g/mol. The van der Waals surface area contributed by atoms with E-state index in [4.69, 9.17) is 9.72 Å². The molecule has 0 radical (unpaired) electrons. The molecule has 0 atom stereocenters. The van der Waals surface area contributed by atoms with Crippen LogP contribution in [0.1, 0.15) is 52.0 Å². The van der Waals surface area contributed by atoms with Gasteiger partial charge in [-0.15, -0.1) is 0 Å². The quantitative estimate of drug-likeness (QED) is 0.899. The van der Waals surface area contributed by atoms with Gasteiger partial charge in [-0.3, -0.25) is 0 Å². The fourth-order valence-electron chi connectivity index (χ4n) is 3.56. The van der Waals surface area contributed by atoms with Gasteiger partial charge >= 0.3 is 0 Å². The highest BCUT2D eigenvalue weighted by atomic mass is 16.5. The van der Waals surface area contributed by atoms with Crippen LogP contribution in [0.25, 0.3) is 11.0 Å². The van der Waals surface area contributed by atoms with Crippen LogP contribution in [0.2, 0.25) is 0 Å². The maximum Gasteiger partial charge on any atom is 0.214 e. The van der Waals surface area contributed by atoms with Crippen LogP contribution in [0.3, 0.4) is 0 Å². The third-order valence-corrected chi connectivity index (χ3v) is 4.53. The number of rotatable bonds is 5.